The van der Waals surface area contributed by atoms with E-state index in [1.165, 1.54) is 4.68 Å². The molecule has 0 unspecified atom stereocenters. The molecule has 22 heavy (non-hydrogen) atoms. The van der Waals surface area contributed by atoms with Crippen molar-refractivity contribution in [3.05, 3.63) is 51.8 Å². The number of hydrogen-bond acceptors (Lipinski definition) is 2. The maximum atomic E-state index is 13.8. The molecule has 0 saturated carbocycles. The predicted molar refractivity (Wildman–Crippen MR) is 79.7 cm³/mol. The number of nitrogens with one attached hydrogen (secondary N) is 1. The molecular weight excluding hydrogens is 312 g/mol. The highest BCUT2D eigenvalue weighted by atomic mass is 35.5. The lowest BCUT2D eigenvalue weighted by molar-refractivity contribution is 0.0941. The molecule has 7 heteroatoms. The van der Waals surface area contributed by atoms with Gasteiger partial charge >= 0.3 is 0 Å². The minimum Gasteiger partial charge on any atom is -0.346 e. The lowest BCUT2D eigenvalue weighted by atomic mass is 10.2. The van der Waals surface area contributed by atoms with E-state index in [0.29, 0.717) is 5.69 Å². The fourth-order valence-corrected chi connectivity index (χ4v) is 2.28. The Kier molecular flexibility index (Phi) is 5.13. The topological polar surface area (TPSA) is 46.9 Å². The van der Waals surface area contributed by atoms with Gasteiger partial charge in [0, 0.05) is 19.2 Å². The van der Waals surface area contributed by atoms with E-state index in [0.717, 1.165) is 30.7 Å². The van der Waals surface area contributed by atoms with E-state index >= 15 is 0 Å². The monoisotopic (exact) mass is 327 g/mol. The third-order valence-electron chi connectivity index (χ3n) is 3.23. The zero-order valence-corrected chi connectivity index (χ0v) is 13.0. The van der Waals surface area contributed by atoms with Crippen LogP contribution >= 0.6 is 11.6 Å². The van der Waals surface area contributed by atoms with Crippen LogP contribution in [-0.2, 0) is 20.0 Å². The van der Waals surface area contributed by atoms with Crippen molar-refractivity contribution in [1.29, 1.82) is 0 Å². The summed E-state index contributed by atoms with van der Waals surface area (Å²) in [5.74, 6) is -2.06. The first kappa shape index (κ1) is 16.4. The summed E-state index contributed by atoms with van der Waals surface area (Å²) in [4.78, 5) is 12.1. The standard InChI is InChI=1S/C15H16ClF2N3O/c1-3-4-9-7-13(21(2)20-9)15(22)19-8-10-12(17)6-5-11(16)14(10)18/h5-7H,3-4,8H2,1-2H3,(H,19,22). The second-order valence-corrected chi connectivity index (χ2v) is 5.31. The fourth-order valence-electron chi connectivity index (χ4n) is 2.11. The molecule has 1 N–H and O–H groups in total. The molecule has 0 aliphatic carbocycles. The van der Waals surface area contributed by atoms with Gasteiger partial charge in [0.15, 0.2) is 0 Å². The smallest absolute Gasteiger partial charge is 0.269 e. The van der Waals surface area contributed by atoms with Crippen LogP contribution in [0.5, 0.6) is 0 Å². The lowest BCUT2D eigenvalue weighted by Gasteiger charge is -2.08. The first-order valence-corrected chi connectivity index (χ1v) is 7.25. The molecule has 1 amide bonds. The Morgan fingerprint density at radius 1 is 1.41 bits per heavy atom. The SMILES string of the molecule is CCCc1cc(C(=O)NCc2c(F)ccc(Cl)c2F)n(C)n1. The van der Waals surface area contributed by atoms with Crippen LogP contribution in [-0.4, -0.2) is 15.7 Å². The van der Waals surface area contributed by atoms with Crippen LogP contribution < -0.4 is 5.32 Å². The Labute approximate surface area is 132 Å². The first-order chi connectivity index (χ1) is 10.4. The van der Waals surface area contributed by atoms with Crippen molar-refractivity contribution in [1.82, 2.24) is 15.1 Å². The summed E-state index contributed by atoms with van der Waals surface area (Å²) in [6.07, 6.45) is 1.68. The summed E-state index contributed by atoms with van der Waals surface area (Å²) in [6, 6.07) is 3.87. The van der Waals surface area contributed by atoms with E-state index in [1.807, 2.05) is 6.92 Å². The van der Waals surface area contributed by atoms with Gasteiger partial charge in [-0.3, -0.25) is 9.48 Å². The average Bonchev–Trinajstić information content (AvgIpc) is 2.84. The predicted octanol–water partition coefficient (Wildman–Crippen LogP) is 3.23. The highest BCUT2D eigenvalue weighted by Crippen LogP contribution is 2.21. The molecule has 118 valence electrons. The highest BCUT2D eigenvalue weighted by molar-refractivity contribution is 6.30. The molecule has 0 spiro atoms. The molecule has 1 heterocycles. The van der Waals surface area contributed by atoms with Crippen LogP contribution in [0.25, 0.3) is 0 Å². The molecule has 2 rings (SSSR count). The van der Waals surface area contributed by atoms with Gasteiger partial charge in [-0.2, -0.15) is 5.10 Å². The number of amides is 1. The second-order valence-electron chi connectivity index (χ2n) is 4.90. The van der Waals surface area contributed by atoms with Gasteiger partial charge in [-0.15, -0.1) is 0 Å². The van der Waals surface area contributed by atoms with Gasteiger partial charge in [-0.25, -0.2) is 8.78 Å². The van der Waals surface area contributed by atoms with Crippen molar-refractivity contribution < 1.29 is 13.6 Å². The lowest BCUT2D eigenvalue weighted by Crippen LogP contribution is -2.26. The Bertz CT molecular complexity index is 700. The number of aryl methyl sites for hydroxylation is 2. The van der Waals surface area contributed by atoms with Crippen LogP contribution in [0, 0.1) is 11.6 Å². The van der Waals surface area contributed by atoms with Crippen LogP contribution in [0.15, 0.2) is 18.2 Å². The van der Waals surface area contributed by atoms with E-state index in [2.05, 4.69) is 10.4 Å². The molecule has 0 aliphatic heterocycles. The highest BCUT2D eigenvalue weighted by Gasteiger charge is 2.16. The van der Waals surface area contributed by atoms with E-state index in [9.17, 15) is 13.6 Å². The van der Waals surface area contributed by atoms with E-state index < -0.39 is 17.5 Å². The van der Waals surface area contributed by atoms with Gasteiger partial charge in [0.1, 0.15) is 17.3 Å². The molecule has 0 aliphatic rings. The first-order valence-electron chi connectivity index (χ1n) is 6.87. The van der Waals surface area contributed by atoms with Gasteiger partial charge in [0.2, 0.25) is 0 Å². The van der Waals surface area contributed by atoms with Crippen LogP contribution in [0.3, 0.4) is 0 Å². The molecule has 0 fully saturated rings. The van der Waals surface area contributed by atoms with Crippen LogP contribution in [0.4, 0.5) is 8.78 Å². The third-order valence-corrected chi connectivity index (χ3v) is 3.53. The molecular formula is C15H16ClF2N3O. The fraction of sp³-hybridized carbons (Fsp3) is 0.333. The molecule has 0 bridgehead atoms. The van der Waals surface area contributed by atoms with Crippen molar-refractivity contribution in [3.8, 4) is 0 Å². The van der Waals surface area contributed by atoms with Crippen LogP contribution in [0.1, 0.15) is 35.1 Å². The number of aromatic nitrogens is 2. The van der Waals surface area contributed by atoms with Crippen LogP contribution in [0.2, 0.25) is 5.02 Å². The third kappa shape index (κ3) is 3.44. The number of hydrogen-bond donors (Lipinski definition) is 1. The number of halogens is 3. The van der Waals surface area contributed by atoms with Gasteiger partial charge in [0.25, 0.3) is 5.91 Å². The Hall–Kier alpha value is -1.95. The average molecular weight is 328 g/mol. The second kappa shape index (κ2) is 6.87. The van der Waals surface area contributed by atoms with Crippen molar-refractivity contribution in [2.75, 3.05) is 0 Å². The van der Waals surface area contributed by atoms with Crippen molar-refractivity contribution in [2.45, 2.75) is 26.3 Å². The zero-order chi connectivity index (χ0) is 16.3. The molecule has 4 nitrogen and oxygen atoms in total. The number of rotatable bonds is 5. The van der Waals surface area contributed by atoms with Crippen molar-refractivity contribution in [2.24, 2.45) is 7.05 Å². The van der Waals surface area contributed by atoms with E-state index in [1.54, 1.807) is 13.1 Å². The zero-order valence-electron chi connectivity index (χ0n) is 12.3. The quantitative estimate of drug-likeness (QED) is 0.857. The van der Waals surface area contributed by atoms with Crippen molar-refractivity contribution in [3.63, 3.8) is 0 Å². The maximum absolute atomic E-state index is 13.8. The molecule has 0 saturated heterocycles. The molecule has 0 radical (unpaired) electrons. The summed E-state index contributed by atoms with van der Waals surface area (Å²) in [7, 11) is 1.65. The summed E-state index contributed by atoms with van der Waals surface area (Å²) in [6.45, 7) is 1.73. The molecule has 1 aromatic carbocycles. The van der Waals surface area contributed by atoms with Gasteiger partial charge in [-0.05, 0) is 24.6 Å². The number of benzene rings is 1. The van der Waals surface area contributed by atoms with E-state index in [-0.39, 0.29) is 17.1 Å². The van der Waals surface area contributed by atoms with E-state index in [4.69, 9.17) is 11.6 Å². The molecule has 1 aromatic heterocycles. The number of nitrogens with zero attached hydrogens (tertiary/aromatic N) is 2. The summed E-state index contributed by atoms with van der Waals surface area (Å²) in [5.41, 5.74) is 0.873. The minimum absolute atomic E-state index is 0.184. The molecule has 0 atom stereocenters. The Balaban J connectivity index is 2.12. The van der Waals surface area contributed by atoms with Gasteiger partial charge in [-0.1, -0.05) is 24.9 Å². The maximum Gasteiger partial charge on any atom is 0.269 e. The minimum atomic E-state index is -0.862. The number of carbonyl (C=O) groups is 1. The number of carbonyl (C=O) groups excluding carboxylic acids is 1. The van der Waals surface area contributed by atoms with Crippen molar-refractivity contribution >= 4 is 17.5 Å². The largest absolute Gasteiger partial charge is 0.346 e. The summed E-state index contributed by atoms with van der Waals surface area (Å²) < 4.78 is 28.8. The summed E-state index contributed by atoms with van der Waals surface area (Å²) >= 11 is 5.61. The summed E-state index contributed by atoms with van der Waals surface area (Å²) in [5, 5.41) is 6.51. The van der Waals surface area contributed by atoms with Gasteiger partial charge in [0.05, 0.1) is 10.7 Å². The van der Waals surface area contributed by atoms with Gasteiger partial charge < -0.3 is 5.32 Å². The Morgan fingerprint density at radius 2 is 2.14 bits per heavy atom. The normalized spacial score (nSPS) is 10.8. The molecule has 2 aromatic rings. The Morgan fingerprint density at radius 3 is 2.82 bits per heavy atom.